The minimum Gasteiger partial charge on any atom is -0.507 e. The van der Waals surface area contributed by atoms with Crippen LogP contribution in [-0.2, 0) is 0 Å². The van der Waals surface area contributed by atoms with Gasteiger partial charge in [-0.1, -0.05) is 0 Å². The smallest absolute Gasteiger partial charge is 0.260 e. The predicted molar refractivity (Wildman–Crippen MR) is 46.0 cm³/mol. The number of aromatic hydroxyl groups is 1. The van der Waals surface area contributed by atoms with Crippen LogP contribution in [0.5, 0.6) is 5.75 Å². The summed E-state index contributed by atoms with van der Waals surface area (Å²) in [6.45, 7) is 3.13. The van der Waals surface area contributed by atoms with E-state index in [1.807, 2.05) is 0 Å². The molecule has 1 aromatic heterocycles. The number of rotatable bonds is 1. The number of hydrogen-bond donors (Lipinski definition) is 3. The zero-order valence-corrected chi connectivity index (χ0v) is 6.93. The van der Waals surface area contributed by atoms with Crippen LogP contribution in [0.4, 0.5) is 0 Å². The standard InChI is InChI=1S/C8H10N2O2/c1-4-3-6(11)7(5(2)9)8(12)10-4/h3,9H,1-2H3,(H2,10,11,12). The summed E-state index contributed by atoms with van der Waals surface area (Å²) in [6, 6.07) is 1.43. The summed E-state index contributed by atoms with van der Waals surface area (Å²) in [5.41, 5.74) is 0.275. The molecule has 4 heteroatoms. The topological polar surface area (TPSA) is 76.9 Å². The summed E-state index contributed by atoms with van der Waals surface area (Å²) in [5, 5.41) is 16.5. The van der Waals surface area contributed by atoms with Gasteiger partial charge in [-0.2, -0.15) is 0 Å². The van der Waals surface area contributed by atoms with Gasteiger partial charge in [-0.25, -0.2) is 0 Å². The van der Waals surface area contributed by atoms with Crippen LogP contribution in [0.25, 0.3) is 0 Å². The summed E-state index contributed by atoms with van der Waals surface area (Å²) in [7, 11) is 0. The van der Waals surface area contributed by atoms with Crippen molar-refractivity contribution in [1.29, 1.82) is 5.41 Å². The number of aromatic nitrogens is 1. The van der Waals surface area contributed by atoms with Crippen molar-refractivity contribution in [1.82, 2.24) is 4.98 Å². The first-order valence-electron chi connectivity index (χ1n) is 3.51. The monoisotopic (exact) mass is 166 g/mol. The molecule has 64 valence electrons. The lowest BCUT2D eigenvalue weighted by molar-refractivity contribution is 0.471. The van der Waals surface area contributed by atoms with Gasteiger partial charge in [-0.3, -0.25) is 4.79 Å². The summed E-state index contributed by atoms with van der Waals surface area (Å²) >= 11 is 0. The average molecular weight is 166 g/mol. The summed E-state index contributed by atoms with van der Waals surface area (Å²) in [5.74, 6) is -0.135. The summed E-state index contributed by atoms with van der Waals surface area (Å²) in [6.07, 6.45) is 0. The van der Waals surface area contributed by atoms with E-state index in [1.54, 1.807) is 6.92 Å². The van der Waals surface area contributed by atoms with E-state index >= 15 is 0 Å². The molecule has 0 saturated carbocycles. The average Bonchev–Trinajstić information content (AvgIpc) is 1.82. The molecule has 0 aliphatic heterocycles. The maximum absolute atomic E-state index is 11.1. The quantitative estimate of drug-likeness (QED) is 0.539. The van der Waals surface area contributed by atoms with Crippen molar-refractivity contribution >= 4 is 5.71 Å². The number of H-pyrrole nitrogens is 1. The molecular formula is C8H10N2O2. The highest BCUT2D eigenvalue weighted by Crippen LogP contribution is 2.12. The van der Waals surface area contributed by atoms with Crippen molar-refractivity contribution in [3.63, 3.8) is 0 Å². The van der Waals surface area contributed by atoms with Gasteiger partial charge >= 0.3 is 0 Å². The Morgan fingerprint density at radius 1 is 1.67 bits per heavy atom. The van der Waals surface area contributed by atoms with Crippen molar-refractivity contribution in [2.45, 2.75) is 13.8 Å². The Morgan fingerprint density at radius 3 is 2.67 bits per heavy atom. The lowest BCUT2D eigenvalue weighted by Crippen LogP contribution is -2.16. The van der Waals surface area contributed by atoms with E-state index in [-0.39, 0.29) is 17.0 Å². The van der Waals surface area contributed by atoms with Crippen LogP contribution < -0.4 is 5.56 Å². The molecule has 12 heavy (non-hydrogen) atoms. The highest BCUT2D eigenvalue weighted by atomic mass is 16.3. The van der Waals surface area contributed by atoms with Gasteiger partial charge in [-0.05, 0) is 19.9 Å². The molecule has 4 nitrogen and oxygen atoms in total. The van der Waals surface area contributed by atoms with E-state index in [0.29, 0.717) is 5.69 Å². The largest absolute Gasteiger partial charge is 0.507 e. The highest BCUT2D eigenvalue weighted by Gasteiger charge is 2.08. The SMILES string of the molecule is CC(=N)c1c(O)cc(C)[nH]c1=O. The third-order valence-electron chi connectivity index (χ3n) is 1.52. The molecule has 0 atom stereocenters. The van der Waals surface area contributed by atoms with Crippen LogP contribution in [-0.4, -0.2) is 15.8 Å². The maximum Gasteiger partial charge on any atom is 0.260 e. The molecule has 0 radical (unpaired) electrons. The first-order valence-corrected chi connectivity index (χ1v) is 3.51. The van der Waals surface area contributed by atoms with Crippen molar-refractivity contribution in [3.05, 3.63) is 27.7 Å². The molecule has 0 bridgehead atoms. The van der Waals surface area contributed by atoms with Gasteiger partial charge in [-0.15, -0.1) is 0 Å². The molecule has 1 rings (SSSR count). The number of pyridine rings is 1. The summed E-state index contributed by atoms with van der Waals surface area (Å²) in [4.78, 5) is 13.7. The Kier molecular flexibility index (Phi) is 1.99. The fourth-order valence-electron chi connectivity index (χ4n) is 1.03. The molecule has 0 aliphatic rings. The molecular weight excluding hydrogens is 156 g/mol. The van der Waals surface area contributed by atoms with Crippen molar-refractivity contribution in [2.75, 3.05) is 0 Å². The molecule has 1 aromatic rings. The summed E-state index contributed by atoms with van der Waals surface area (Å²) < 4.78 is 0. The van der Waals surface area contributed by atoms with Gasteiger partial charge in [0.05, 0.1) is 0 Å². The third kappa shape index (κ3) is 1.37. The van der Waals surface area contributed by atoms with Crippen molar-refractivity contribution in [3.8, 4) is 5.75 Å². The molecule has 0 aromatic carbocycles. The fraction of sp³-hybridized carbons (Fsp3) is 0.250. The van der Waals surface area contributed by atoms with Gasteiger partial charge in [0.25, 0.3) is 5.56 Å². The Bertz CT molecular complexity index is 379. The predicted octanol–water partition coefficient (Wildman–Crippen LogP) is 0.777. The second-order valence-corrected chi connectivity index (χ2v) is 2.67. The highest BCUT2D eigenvalue weighted by molar-refractivity contribution is 5.98. The maximum atomic E-state index is 11.1. The first-order chi connectivity index (χ1) is 5.52. The fourth-order valence-corrected chi connectivity index (χ4v) is 1.03. The number of nitrogens with one attached hydrogen (secondary N) is 2. The van der Waals surface area contributed by atoms with Gasteiger partial charge in [0.15, 0.2) is 0 Å². The van der Waals surface area contributed by atoms with Crippen LogP contribution in [0, 0.1) is 12.3 Å². The van der Waals surface area contributed by atoms with Crippen LogP contribution in [0.15, 0.2) is 10.9 Å². The van der Waals surface area contributed by atoms with Gasteiger partial charge < -0.3 is 15.5 Å². The van der Waals surface area contributed by atoms with Crippen LogP contribution in [0.1, 0.15) is 18.2 Å². The molecule has 0 unspecified atom stereocenters. The van der Waals surface area contributed by atoms with Gasteiger partial charge in [0, 0.05) is 11.4 Å². The second-order valence-electron chi connectivity index (χ2n) is 2.67. The van der Waals surface area contributed by atoms with Gasteiger partial charge in [0.1, 0.15) is 11.3 Å². The van der Waals surface area contributed by atoms with E-state index in [2.05, 4.69) is 4.98 Å². The Morgan fingerprint density at radius 2 is 2.25 bits per heavy atom. The van der Waals surface area contributed by atoms with E-state index in [9.17, 15) is 9.90 Å². The minimum atomic E-state index is -0.417. The Labute approximate surface area is 69.4 Å². The zero-order chi connectivity index (χ0) is 9.30. The molecule has 1 heterocycles. The molecule has 0 saturated heterocycles. The number of hydrogen-bond acceptors (Lipinski definition) is 3. The van der Waals surface area contributed by atoms with Crippen molar-refractivity contribution < 1.29 is 5.11 Å². The minimum absolute atomic E-state index is 0.0422. The van der Waals surface area contributed by atoms with Crippen LogP contribution >= 0.6 is 0 Å². The first kappa shape index (κ1) is 8.52. The van der Waals surface area contributed by atoms with E-state index < -0.39 is 5.56 Å². The lowest BCUT2D eigenvalue weighted by Gasteiger charge is -2.01. The number of aromatic amines is 1. The lowest BCUT2D eigenvalue weighted by atomic mass is 10.1. The molecule has 0 spiro atoms. The molecule has 0 aliphatic carbocycles. The second kappa shape index (κ2) is 2.81. The van der Waals surface area contributed by atoms with E-state index in [0.717, 1.165) is 0 Å². The molecule has 0 fully saturated rings. The van der Waals surface area contributed by atoms with Gasteiger partial charge in [0.2, 0.25) is 0 Å². The third-order valence-corrected chi connectivity index (χ3v) is 1.52. The molecule has 0 amide bonds. The Balaban J connectivity index is 3.49. The number of aryl methyl sites for hydroxylation is 1. The van der Waals surface area contributed by atoms with Crippen LogP contribution in [0.3, 0.4) is 0 Å². The normalized spacial score (nSPS) is 9.83. The van der Waals surface area contributed by atoms with Crippen LogP contribution in [0.2, 0.25) is 0 Å². The Hall–Kier alpha value is -1.58. The zero-order valence-electron chi connectivity index (χ0n) is 6.93. The van der Waals surface area contributed by atoms with E-state index in [4.69, 9.17) is 5.41 Å². The van der Waals surface area contributed by atoms with Crippen molar-refractivity contribution in [2.24, 2.45) is 0 Å². The van der Waals surface area contributed by atoms with E-state index in [1.165, 1.54) is 13.0 Å². The molecule has 3 N–H and O–H groups in total.